The van der Waals surface area contributed by atoms with Crippen LogP contribution in [0.4, 0.5) is 0 Å². The SMILES string of the molecule is CC1CC(C)C(C(N)=O)C(C(C)C)N1. The number of piperidine rings is 1. The zero-order chi connectivity index (χ0) is 10.9. The minimum Gasteiger partial charge on any atom is -0.369 e. The van der Waals surface area contributed by atoms with E-state index in [1.54, 1.807) is 0 Å². The van der Waals surface area contributed by atoms with Crippen molar-refractivity contribution in [2.75, 3.05) is 0 Å². The second kappa shape index (κ2) is 4.30. The maximum atomic E-state index is 11.4. The largest absolute Gasteiger partial charge is 0.369 e. The molecule has 4 unspecified atom stereocenters. The molecule has 0 aromatic carbocycles. The third kappa shape index (κ3) is 2.27. The average Bonchev–Trinajstić information content (AvgIpc) is 2.01. The topological polar surface area (TPSA) is 55.1 Å². The summed E-state index contributed by atoms with van der Waals surface area (Å²) in [5, 5.41) is 3.48. The van der Waals surface area contributed by atoms with Crippen LogP contribution in [-0.2, 0) is 4.79 Å². The van der Waals surface area contributed by atoms with Crippen molar-refractivity contribution >= 4 is 5.91 Å². The molecule has 0 saturated carbocycles. The van der Waals surface area contributed by atoms with Crippen molar-refractivity contribution in [2.24, 2.45) is 23.5 Å². The maximum Gasteiger partial charge on any atom is 0.222 e. The van der Waals surface area contributed by atoms with Crippen LogP contribution in [-0.4, -0.2) is 18.0 Å². The standard InChI is InChI=1S/C11H22N2O/c1-6(2)10-9(11(12)14)7(3)5-8(4)13-10/h6-10,13H,5H2,1-4H3,(H2,12,14). The molecule has 4 atom stereocenters. The van der Waals surface area contributed by atoms with E-state index in [0.717, 1.165) is 6.42 Å². The predicted molar refractivity (Wildman–Crippen MR) is 57.7 cm³/mol. The third-order valence-electron chi connectivity index (χ3n) is 3.25. The average molecular weight is 198 g/mol. The zero-order valence-electron chi connectivity index (χ0n) is 9.58. The summed E-state index contributed by atoms with van der Waals surface area (Å²) in [6.07, 6.45) is 1.04. The zero-order valence-corrected chi connectivity index (χ0v) is 9.58. The molecule has 3 heteroatoms. The molecule has 0 radical (unpaired) electrons. The van der Waals surface area contributed by atoms with Crippen molar-refractivity contribution in [2.45, 2.75) is 46.2 Å². The van der Waals surface area contributed by atoms with Crippen molar-refractivity contribution in [1.82, 2.24) is 5.32 Å². The maximum absolute atomic E-state index is 11.4. The minimum absolute atomic E-state index is 0.00815. The molecule has 82 valence electrons. The van der Waals surface area contributed by atoms with Gasteiger partial charge >= 0.3 is 0 Å². The van der Waals surface area contributed by atoms with Crippen LogP contribution in [0.3, 0.4) is 0 Å². The van der Waals surface area contributed by atoms with Gasteiger partial charge in [0, 0.05) is 12.1 Å². The first-order chi connectivity index (χ1) is 6.43. The summed E-state index contributed by atoms with van der Waals surface area (Å²) in [5.41, 5.74) is 5.45. The van der Waals surface area contributed by atoms with Crippen LogP contribution in [0.15, 0.2) is 0 Å². The molecule has 1 aliphatic rings. The molecule has 1 fully saturated rings. The first-order valence-electron chi connectivity index (χ1n) is 5.48. The molecule has 0 aliphatic carbocycles. The number of carbonyl (C=O) groups excluding carboxylic acids is 1. The fourth-order valence-corrected chi connectivity index (χ4v) is 2.62. The van der Waals surface area contributed by atoms with Gasteiger partial charge in [-0.3, -0.25) is 4.79 Å². The molecule has 0 aromatic heterocycles. The minimum atomic E-state index is -0.157. The van der Waals surface area contributed by atoms with Gasteiger partial charge in [0.05, 0.1) is 5.92 Å². The highest BCUT2D eigenvalue weighted by atomic mass is 16.1. The number of rotatable bonds is 2. The van der Waals surface area contributed by atoms with Crippen LogP contribution < -0.4 is 11.1 Å². The van der Waals surface area contributed by atoms with Gasteiger partial charge in [-0.15, -0.1) is 0 Å². The molecule has 3 nitrogen and oxygen atoms in total. The summed E-state index contributed by atoms with van der Waals surface area (Å²) in [7, 11) is 0. The molecular formula is C11H22N2O. The number of hydrogen-bond acceptors (Lipinski definition) is 2. The summed E-state index contributed by atoms with van der Waals surface area (Å²) < 4.78 is 0. The van der Waals surface area contributed by atoms with E-state index in [-0.39, 0.29) is 17.9 Å². The van der Waals surface area contributed by atoms with E-state index in [4.69, 9.17) is 5.73 Å². The van der Waals surface area contributed by atoms with E-state index >= 15 is 0 Å². The highest BCUT2D eigenvalue weighted by molar-refractivity contribution is 5.78. The van der Waals surface area contributed by atoms with E-state index in [1.807, 2.05) is 0 Å². The van der Waals surface area contributed by atoms with E-state index in [9.17, 15) is 4.79 Å². The highest BCUT2D eigenvalue weighted by Crippen LogP contribution is 2.29. The summed E-state index contributed by atoms with van der Waals surface area (Å²) in [6, 6.07) is 0.735. The molecule has 1 rings (SSSR count). The van der Waals surface area contributed by atoms with Crippen LogP contribution >= 0.6 is 0 Å². The Labute approximate surface area is 86.4 Å². The molecular weight excluding hydrogens is 176 g/mol. The second-order valence-electron chi connectivity index (χ2n) is 4.98. The molecule has 1 saturated heterocycles. The van der Waals surface area contributed by atoms with Crippen LogP contribution in [0.2, 0.25) is 0 Å². The van der Waals surface area contributed by atoms with Gasteiger partial charge in [-0.25, -0.2) is 0 Å². The third-order valence-corrected chi connectivity index (χ3v) is 3.25. The van der Waals surface area contributed by atoms with Gasteiger partial charge < -0.3 is 11.1 Å². The van der Waals surface area contributed by atoms with E-state index < -0.39 is 0 Å². The Morgan fingerprint density at radius 3 is 2.43 bits per heavy atom. The molecule has 3 N–H and O–H groups in total. The first-order valence-corrected chi connectivity index (χ1v) is 5.48. The Kier molecular flexibility index (Phi) is 3.53. The smallest absolute Gasteiger partial charge is 0.222 e. The van der Waals surface area contributed by atoms with Crippen molar-refractivity contribution in [3.63, 3.8) is 0 Å². The molecule has 1 aliphatic heterocycles. The van der Waals surface area contributed by atoms with E-state index in [0.29, 0.717) is 17.9 Å². The molecule has 0 aromatic rings. The number of carbonyl (C=O) groups is 1. The number of nitrogens with two attached hydrogens (primary N) is 1. The van der Waals surface area contributed by atoms with Crippen molar-refractivity contribution < 1.29 is 4.79 Å². The monoisotopic (exact) mass is 198 g/mol. The molecule has 1 heterocycles. The highest BCUT2D eigenvalue weighted by Gasteiger charge is 2.38. The Morgan fingerprint density at radius 2 is 2.00 bits per heavy atom. The van der Waals surface area contributed by atoms with Crippen LogP contribution in [0, 0.1) is 17.8 Å². The summed E-state index contributed by atoms with van der Waals surface area (Å²) in [6.45, 7) is 8.57. The second-order valence-corrected chi connectivity index (χ2v) is 4.98. The van der Waals surface area contributed by atoms with E-state index in [2.05, 4.69) is 33.0 Å². The van der Waals surface area contributed by atoms with Crippen molar-refractivity contribution in [1.29, 1.82) is 0 Å². The summed E-state index contributed by atoms with van der Waals surface area (Å²) in [5.74, 6) is 0.690. The lowest BCUT2D eigenvalue weighted by Gasteiger charge is -2.41. The Hall–Kier alpha value is -0.570. The van der Waals surface area contributed by atoms with Gasteiger partial charge in [-0.05, 0) is 25.2 Å². The Morgan fingerprint density at radius 1 is 1.43 bits per heavy atom. The predicted octanol–water partition coefficient (Wildman–Crippen LogP) is 1.13. The van der Waals surface area contributed by atoms with E-state index in [1.165, 1.54) is 0 Å². The van der Waals surface area contributed by atoms with Gasteiger partial charge in [-0.1, -0.05) is 20.8 Å². The Balaban J connectivity index is 2.80. The number of primary amides is 1. The lowest BCUT2D eigenvalue weighted by atomic mass is 9.75. The van der Waals surface area contributed by atoms with Gasteiger partial charge in [0.2, 0.25) is 5.91 Å². The van der Waals surface area contributed by atoms with Gasteiger partial charge in [-0.2, -0.15) is 0 Å². The van der Waals surface area contributed by atoms with Crippen molar-refractivity contribution in [3.05, 3.63) is 0 Å². The number of amides is 1. The molecule has 0 spiro atoms. The fourth-order valence-electron chi connectivity index (χ4n) is 2.62. The van der Waals surface area contributed by atoms with Crippen LogP contribution in [0.1, 0.15) is 34.1 Å². The van der Waals surface area contributed by atoms with Crippen LogP contribution in [0.25, 0.3) is 0 Å². The fraction of sp³-hybridized carbons (Fsp3) is 0.909. The van der Waals surface area contributed by atoms with Crippen molar-refractivity contribution in [3.8, 4) is 0 Å². The number of hydrogen-bond donors (Lipinski definition) is 2. The normalized spacial score (nSPS) is 38.6. The Bertz CT molecular complexity index is 215. The van der Waals surface area contributed by atoms with Crippen LogP contribution in [0.5, 0.6) is 0 Å². The quantitative estimate of drug-likeness (QED) is 0.699. The lowest BCUT2D eigenvalue weighted by molar-refractivity contribution is -0.126. The first kappa shape index (κ1) is 11.5. The lowest BCUT2D eigenvalue weighted by Crippen LogP contribution is -2.56. The number of nitrogens with one attached hydrogen (secondary N) is 1. The summed E-state index contributed by atoms with van der Waals surface area (Å²) in [4.78, 5) is 11.4. The molecule has 1 amide bonds. The van der Waals surface area contributed by atoms with Gasteiger partial charge in [0.15, 0.2) is 0 Å². The molecule has 0 bridgehead atoms. The van der Waals surface area contributed by atoms with Gasteiger partial charge in [0.25, 0.3) is 0 Å². The van der Waals surface area contributed by atoms with Gasteiger partial charge in [0.1, 0.15) is 0 Å². The summed E-state index contributed by atoms with van der Waals surface area (Å²) >= 11 is 0. The molecule has 14 heavy (non-hydrogen) atoms.